The van der Waals surface area contributed by atoms with Crippen LogP contribution in [0.4, 0.5) is 0 Å². The number of aromatic nitrogens is 2. The van der Waals surface area contributed by atoms with E-state index in [9.17, 15) is 0 Å². The van der Waals surface area contributed by atoms with Crippen LogP contribution in [-0.2, 0) is 6.54 Å². The summed E-state index contributed by atoms with van der Waals surface area (Å²) >= 11 is 12.3. The maximum atomic E-state index is 6.13. The first-order chi connectivity index (χ1) is 11.7. The normalized spacial score (nSPS) is 14.2. The Balaban J connectivity index is 1.79. The van der Waals surface area contributed by atoms with E-state index >= 15 is 0 Å². The van der Waals surface area contributed by atoms with Crippen molar-refractivity contribution in [3.63, 3.8) is 0 Å². The van der Waals surface area contributed by atoms with Crippen LogP contribution in [0, 0.1) is 0 Å². The SMILES string of the molecule is Clc1cc(Cl)cc(Cn2cc(C3=CCN=CC3)c3cccnc32)c1. The van der Waals surface area contributed by atoms with Crippen LogP contribution in [0.15, 0.2) is 53.8 Å². The number of hydrogen-bond acceptors (Lipinski definition) is 2. The minimum absolute atomic E-state index is 0.647. The molecule has 0 fully saturated rings. The van der Waals surface area contributed by atoms with E-state index in [0.29, 0.717) is 16.6 Å². The molecule has 1 aliphatic rings. The van der Waals surface area contributed by atoms with Gasteiger partial charge >= 0.3 is 0 Å². The summed E-state index contributed by atoms with van der Waals surface area (Å²) in [5.74, 6) is 0. The standard InChI is InChI=1S/C19H15Cl2N3/c20-15-8-13(9-16(21)10-15)11-24-12-18(14-3-6-22-7-4-14)17-2-1-5-23-19(17)24/h1-3,5,7-10,12H,4,6,11H2. The Kier molecular flexibility index (Phi) is 4.13. The van der Waals surface area contributed by atoms with E-state index in [1.807, 2.05) is 30.6 Å². The maximum absolute atomic E-state index is 6.13. The summed E-state index contributed by atoms with van der Waals surface area (Å²) < 4.78 is 2.15. The highest BCUT2D eigenvalue weighted by Crippen LogP contribution is 2.30. The minimum Gasteiger partial charge on any atom is -0.327 e. The number of hydrogen-bond donors (Lipinski definition) is 0. The quantitative estimate of drug-likeness (QED) is 0.630. The van der Waals surface area contributed by atoms with Crippen molar-refractivity contribution >= 4 is 46.0 Å². The molecule has 0 unspecified atom stereocenters. The third kappa shape index (κ3) is 2.97. The Hall–Kier alpha value is -2.10. The molecule has 0 aliphatic carbocycles. The molecule has 0 amide bonds. The molecule has 0 spiro atoms. The van der Waals surface area contributed by atoms with Crippen LogP contribution < -0.4 is 0 Å². The van der Waals surface area contributed by atoms with Crippen LogP contribution in [0.25, 0.3) is 16.6 Å². The number of halogens is 2. The number of dihydropyridines is 1. The van der Waals surface area contributed by atoms with E-state index in [4.69, 9.17) is 23.2 Å². The highest BCUT2D eigenvalue weighted by Gasteiger charge is 2.14. The van der Waals surface area contributed by atoms with Gasteiger partial charge in [-0.25, -0.2) is 4.98 Å². The second-order valence-electron chi connectivity index (χ2n) is 5.80. The third-order valence-corrected chi connectivity index (χ3v) is 4.57. The molecule has 4 rings (SSSR count). The second kappa shape index (κ2) is 6.42. The molecule has 1 aliphatic heterocycles. The number of aliphatic imine (C=N–C) groups is 1. The molecule has 0 radical (unpaired) electrons. The van der Waals surface area contributed by atoms with Crippen molar-refractivity contribution in [2.75, 3.05) is 6.54 Å². The Bertz CT molecular complexity index is 950. The summed E-state index contributed by atoms with van der Waals surface area (Å²) in [6, 6.07) is 9.72. The summed E-state index contributed by atoms with van der Waals surface area (Å²) in [7, 11) is 0. The van der Waals surface area contributed by atoms with Gasteiger partial charge in [-0.2, -0.15) is 0 Å². The Morgan fingerprint density at radius 2 is 1.96 bits per heavy atom. The number of pyridine rings is 1. The lowest BCUT2D eigenvalue weighted by molar-refractivity contribution is 0.824. The van der Waals surface area contributed by atoms with Crippen LogP contribution in [0.1, 0.15) is 17.5 Å². The van der Waals surface area contributed by atoms with Crippen molar-refractivity contribution < 1.29 is 0 Å². The molecule has 0 atom stereocenters. The number of allylic oxidation sites excluding steroid dienone is 1. The zero-order chi connectivity index (χ0) is 16.5. The predicted molar refractivity (Wildman–Crippen MR) is 101 cm³/mol. The second-order valence-corrected chi connectivity index (χ2v) is 6.68. The molecule has 3 nitrogen and oxygen atoms in total. The summed E-state index contributed by atoms with van der Waals surface area (Å²) in [5.41, 5.74) is 4.54. The van der Waals surface area contributed by atoms with Gasteiger partial charge in [-0.3, -0.25) is 4.99 Å². The van der Waals surface area contributed by atoms with Crippen molar-refractivity contribution in [1.82, 2.24) is 9.55 Å². The number of nitrogens with zero attached hydrogens (tertiary/aromatic N) is 3. The predicted octanol–water partition coefficient (Wildman–Crippen LogP) is 5.25. The highest BCUT2D eigenvalue weighted by atomic mass is 35.5. The fourth-order valence-corrected chi connectivity index (χ4v) is 3.67. The molecule has 120 valence electrons. The molecule has 0 bridgehead atoms. The number of benzene rings is 1. The average molecular weight is 356 g/mol. The first-order valence-electron chi connectivity index (χ1n) is 7.77. The lowest BCUT2D eigenvalue weighted by Gasteiger charge is -2.07. The van der Waals surface area contributed by atoms with Gasteiger partial charge in [0.05, 0.1) is 6.54 Å². The number of fused-ring (bicyclic) bond motifs is 1. The van der Waals surface area contributed by atoms with Gasteiger partial charge in [-0.15, -0.1) is 0 Å². The lowest BCUT2D eigenvalue weighted by Crippen LogP contribution is -1.99. The maximum Gasteiger partial charge on any atom is 0.140 e. The van der Waals surface area contributed by atoms with E-state index in [-0.39, 0.29) is 0 Å². The molecular weight excluding hydrogens is 341 g/mol. The monoisotopic (exact) mass is 355 g/mol. The summed E-state index contributed by atoms with van der Waals surface area (Å²) in [4.78, 5) is 8.85. The summed E-state index contributed by atoms with van der Waals surface area (Å²) in [6.07, 6.45) is 9.01. The van der Waals surface area contributed by atoms with Gasteiger partial charge in [-0.05, 0) is 41.5 Å². The van der Waals surface area contributed by atoms with E-state index < -0.39 is 0 Å². The molecule has 0 saturated heterocycles. The zero-order valence-corrected chi connectivity index (χ0v) is 14.4. The van der Waals surface area contributed by atoms with Crippen LogP contribution in [0.2, 0.25) is 10.0 Å². The smallest absolute Gasteiger partial charge is 0.140 e. The van der Waals surface area contributed by atoms with Crippen LogP contribution in [0.3, 0.4) is 0 Å². The van der Waals surface area contributed by atoms with Crippen molar-refractivity contribution in [1.29, 1.82) is 0 Å². The third-order valence-electron chi connectivity index (χ3n) is 4.14. The minimum atomic E-state index is 0.647. The topological polar surface area (TPSA) is 30.2 Å². The Morgan fingerprint density at radius 1 is 1.12 bits per heavy atom. The van der Waals surface area contributed by atoms with Crippen LogP contribution >= 0.6 is 23.2 Å². The van der Waals surface area contributed by atoms with Crippen LogP contribution in [0.5, 0.6) is 0 Å². The fourth-order valence-electron chi connectivity index (χ4n) is 3.10. The molecule has 3 heterocycles. The van der Waals surface area contributed by atoms with Gasteiger partial charge < -0.3 is 4.57 Å². The van der Waals surface area contributed by atoms with Gasteiger partial charge in [-0.1, -0.05) is 29.3 Å². The van der Waals surface area contributed by atoms with Crippen molar-refractivity contribution in [2.45, 2.75) is 13.0 Å². The van der Waals surface area contributed by atoms with E-state index in [1.165, 1.54) is 11.1 Å². The Labute approximate surface area is 150 Å². The van der Waals surface area contributed by atoms with E-state index in [2.05, 4.69) is 32.9 Å². The fraction of sp³-hybridized carbons (Fsp3) is 0.158. The molecule has 0 saturated carbocycles. The molecule has 2 aromatic heterocycles. The van der Waals surface area contributed by atoms with Gasteiger partial charge in [0, 0.05) is 52.6 Å². The zero-order valence-electron chi connectivity index (χ0n) is 12.9. The summed E-state index contributed by atoms with van der Waals surface area (Å²) in [6.45, 7) is 1.42. The van der Waals surface area contributed by atoms with Gasteiger partial charge in [0.2, 0.25) is 0 Å². The lowest BCUT2D eigenvalue weighted by atomic mass is 10.0. The van der Waals surface area contributed by atoms with Crippen LogP contribution in [-0.4, -0.2) is 22.3 Å². The molecule has 24 heavy (non-hydrogen) atoms. The van der Waals surface area contributed by atoms with Crippen molar-refractivity contribution in [2.24, 2.45) is 4.99 Å². The highest BCUT2D eigenvalue weighted by molar-refractivity contribution is 6.34. The molecule has 3 aromatic rings. The van der Waals surface area contributed by atoms with E-state index in [0.717, 1.165) is 29.6 Å². The molecular formula is C19H15Cl2N3. The molecule has 0 N–H and O–H groups in total. The molecule has 5 heteroatoms. The van der Waals surface area contributed by atoms with Gasteiger partial charge in [0.1, 0.15) is 5.65 Å². The average Bonchev–Trinajstić information content (AvgIpc) is 2.94. The summed E-state index contributed by atoms with van der Waals surface area (Å²) in [5, 5.41) is 2.45. The van der Waals surface area contributed by atoms with Gasteiger partial charge in [0.15, 0.2) is 0 Å². The number of rotatable bonds is 3. The first-order valence-corrected chi connectivity index (χ1v) is 8.53. The van der Waals surface area contributed by atoms with E-state index in [1.54, 1.807) is 6.07 Å². The molecule has 1 aromatic carbocycles. The van der Waals surface area contributed by atoms with Crippen molar-refractivity contribution in [3.8, 4) is 0 Å². The largest absolute Gasteiger partial charge is 0.327 e. The van der Waals surface area contributed by atoms with Crippen molar-refractivity contribution in [3.05, 3.63) is 70.0 Å². The van der Waals surface area contributed by atoms with Gasteiger partial charge in [0.25, 0.3) is 0 Å². The Morgan fingerprint density at radius 3 is 2.71 bits per heavy atom. The first kappa shape index (κ1) is 15.4.